The molecule has 1 amide bonds. The van der Waals surface area contributed by atoms with E-state index in [9.17, 15) is 9.59 Å². The normalized spacial score (nSPS) is 23.8. The summed E-state index contributed by atoms with van der Waals surface area (Å²) in [6.07, 6.45) is 4.95. The van der Waals surface area contributed by atoms with Gasteiger partial charge in [-0.2, -0.15) is 0 Å². The van der Waals surface area contributed by atoms with Gasteiger partial charge in [-0.15, -0.1) is 0 Å². The Balaban J connectivity index is 1.60. The molecule has 30 heavy (non-hydrogen) atoms. The van der Waals surface area contributed by atoms with E-state index in [1.807, 2.05) is 43.8 Å². The average Bonchev–Trinajstić information content (AvgIpc) is 3.14. The van der Waals surface area contributed by atoms with Crippen molar-refractivity contribution in [3.05, 3.63) is 52.5 Å². The summed E-state index contributed by atoms with van der Waals surface area (Å²) in [7, 11) is 0. The van der Waals surface area contributed by atoms with E-state index >= 15 is 0 Å². The Morgan fingerprint density at radius 1 is 1.27 bits per heavy atom. The lowest BCUT2D eigenvalue weighted by molar-refractivity contribution is -0.128. The van der Waals surface area contributed by atoms with Crippen LogP contribution >= 0.6 is 0 Å². The van der Waals surface area contributed by atoms with Crippen molar-refractivity contribution in [2.45, 2.75) is 59.2 Å². The minimum Gasteiger partial charge on any atom is -0.354 e. The lowest BCUT2D eigenvalue weighted by Crippen LogP contribution is -2.52. The maximum absolute atomic E-state index is 12.8. The Morgan fingerprint density at radius 3 is 2.80 bits per heavy atom. The molecule has 0 aromatic carbocycles. The van der Waals surface area contributed by atoms with Gasteiger partial charge in [-0.3, -0.25) is 14.5 Å². The molecule has 4 rings (SSSR count). The fourth-order valence-corrected chi connectivity index (χ4v) is 4.97. The number of carbonyl (C=O) groups is 1. The van der Waals surface area contributed by atoms with Gasteiger partial charge in [-0.1, -0.05) is 26.8 Å². The van der Waals surface area contributed by atoms with Crippen molar-refractivity contribution in [3.8, 4) is 0 Å². The number of likely N-dealkylation sites (tertiary alicyclic amines) is 1. The molecule has 0 saturated carbocycles. The Kier molecular flexibility index (Phi) is 5.57. The predicted molar refractivity (Wildman–Crippen MR) is 116 cm³/mol. The van der Waals surface area contributed by atoms with Crippen LogP contribution < -0.4 is 10.9 Å². The molecule has 2 aliphatic heterocycles. The average molecular weight is 412 g/mol. The quantitative estimate of drug-likeness (QED) is 0.820. The van der Waals surface area contributed by atoms with E-state index in [1.54, 1.807) is 6.07 Å². The first-order valence-corrected chi connectivity index (χ1v) is 11.0. The molecule has 1 saturated heterocycles. The number of rotatable bonds is 5. The van der Waals surface area contributed by atoms with Crippen molar-refractivity contribution in [1.29, 1.82) is 0 Å². The Labute approximate surface area is 178 Å². The number of amides is 1. The number of aryl methyl sites for hydroxylation is 1. The summed E-state index contributed by atoms with van der Waals surface area (Å²) in [4.78, 5) is 32.3. The van der Waals surface area contributed by atoms with Gasteiger partial charge in [0, 0.05) is 61.7 Å². The molecule has 2 aliphatic rings. The molecule has 3 atom stereocenters. The van der Waals surface area contributed by atoms with Crippen LogP contribution in [0.3, 0.4) is 0 Å². The molecule has 0 unspecified atom stereocenters. The first-order chi connectivity index (χ1) is 14.3. The molecule has 4 heterocycles. The fourth-order valence-electron chi connectivity index (χ4n) is 4.97. The molecule has 1 N–H and O–H groups in total. The van der Waals surface area contributed by atoms with Crippen LogP contribution in [0.5, 0.6) is 0 Å². The molecule has 7 heteroatoms. The molecule has 7 nitrogen and oxygen atoms in total. The van der Waals surface area contributed by atoms with Crippen molar-refractivity contribution >= 4 is 5.91 Å². The van der Waals surface area contributed by atoms with Crippen LogP contribution in [-0.2, 0) is 17.9 Å². The SMILES string of the molecule is CCn1ccnc1CN1C[C@H]2C[C@@H](C1)[C@H](CNC(=O)C(C)(C)C)n1c2cccc1=O. The predicted octanol–water partition coefficient (Wildman–Crippen LogP) is 2.39. The van der Waals surface area contributed by atoms with Crippen LogP contribution in [0, 0.1) is 11.3 Å². The number of hydrogen-bond acceptors (Lipinski definition) is 4. The van der Waals surface area contributed by atoms with Gasteiger partial charge in [0.1, 0.15) is 5.82 Å². The van der Waals surface area contributed by atoms with Crippen molar-refractivity contribution in [2.75, 3.05) is 19.6 Å². The largest absolute Gasteiger partial charge is 0.354 e. The summed E-state index contributed by atoms with van der Waals surface area (Å²) in [6.45, 7) is 11.9. The van der Waals surface area contributed by atoms with Gasteiger partial charge in [0.2, 0.25) is 5.91 Å². The highest BCUT2D eigenvalue weighted by Gasteiger charge is 2.41. The van der Waals surface area contributed by atoms with Crippen LogP contribution in [0.1, 0.15) is 57.6 Å². The molecule has 0 aliphatic carbocycles. The monoisotopic (exact) mass is 411 g/mol. The molecule has 2 bridgehead atoms. The molecule has 0 spiro atoms. The number of carbonyl (C=O) groups excluding carboxylic acids is 1. The number of piperidine rings is 1. The highest BCUT2D eigenvalue weighted by Crippen LogP contribution is 2.41. The van der Waals surface area contributed by atoms with Gasteiger partial charge in [0.05, 0.1) is 12.6 Å². The maximum Gasteiger partial charge on any atom is 0.251 e. The van der Waals surface area contributed by atoms with E-state index in [0.29, 0.717) is 18.4 Å². The van der Waals surface area contributed by atoms with Crippen molar-refractivity contribution in [2.24, 2.45) is 11.3 Å². The number of nitrogens with zero attached hydrogens (tertiary/aromatic N) is 4. The first kappa shape index (κ1) is 20.8. The Morgan fingerprint density at radius 2 is 2.07 bits per heavy atom. The summed E-state index contributed by atoms with van der Waals surface area (Å²) in [5.41, 5.74) is 0.682. The van der Waals surface area contributed by atoms with Crippen molar-refractivity contribution < 1.29 is 4.79 Å². The van der Waals surface area contributed by atoms with Crippen LogP contribution in [0.4, 0.5) is 0 Å². The number of hydrogen-bond donors (Lipinski definition) is 1. The van der Waals surface area contributed by atoms with Gasteiger partial charge in [0.15, 0.2) is 0 Å². The van der Waals surface area contributed by atoms with E-state index < -0.39 is 5.41 Å². The summed E-state index contributed by atoms with van der Waals surface area (Å²) >= 11 is 0. The molecule has 162 valence electrons. The minimum atomic E-state index is -0.447. The number of imidazole rings is 1. The van der Waals surface area contributed by atoms with E-state index in [2.05, 4.69) is 32.8 Å². The zero-order chi connectivity index (χ0) is 21.5. The maximum atomic E-state index is 12.8. The standard InChI is InChI=1S/C23H33N5O2/c1-5-27-10-9-24-20(27)15-26-13-16-11-17(14-26)19(12-25-22(30)23(2,3)4)28-18(16)7-6-8-21(28)29/h6-10,16-17,19H,5,11-15H2,1-4H3,(H,25,30)/t16-,17+,19+/m1/s1. The second kappa shape index (κ2) is 8.02. The zero-order valence-electron chi connectivity index (χ0n) is 18.5. The smallest absolute Gasteiger partial charge is 0.251 e. The second-order valence-electron chi connectivity index (χ2n) is 9.70. The topological polar surface area (TPSA) is 72.2 Å². The van der Waals surface area contributed by atoms with Crippen LogP contribution in [0.2, 0.25) is 0 Å². The highest BCUT2D eigenvalue weighted by atomic mass is 16.2. The molecule has 0 radical (unpaired) electrons. The lowest BCUT2D eigenvalue weighted by Gasteiger charge is -2.47. The fraction of sp³-hybridized carbons (Fsp3) is 0.609. The number of pyridine rings is 1. The zero-order valence-corrected chi connectivity index (χ0v) is 18.5. The van der Waals surface area contributed by atoms with E-state index in [4.69, 9.17) is 0 Å². The molecule has 2 aromatic heterocycles. The second-order valence-corrected chi connectivity index (χ2v) is 9.70. The minimum absolute atomic E-state index is 0.0211. The molecular formula is C23H33N5O2. The van der Waals surface area contributed by atoms with Gasteiger partial charge in [0.25, 0.3) is 5.56 Å². The Bertz CT molecular complexity index is 970. The van der Waals surface area contributed by atoms with Gasteiger partial charge < -0.3 is 14.5 Å². The summed E-state index contributed by atoms with van der Waals surface area (Å²) in [6, 6.07) is 5.56. The Hall–Kier alpha value is -2.41. The van der Waals surface area contributed by atoms with Crippen LogP contribution in [0.15, 0.2) is 35.4 Å². The molecule has 2 aromatic rings. The summed E-state index contributed by atoms with van der Waals surface area (Å²) in [5.74, 6) is 1.76. The van der Waals surface area contributed by atoms with Crippen molar-refractivity contribution in [3.63, 3.8) is 0 Å². The van der Waals surface area contributed by atoms with Gasteiger partial charge in [-0.05, 0) is 25.3 Å². The number of aromatic nitrogens is 3. The van der Waals surface area contributed by atoms with Crippen LogP contribution in [-0.4, -0.2) is 44.6 Å². The third-order valence-electron chi connectivity index (χ3n) is 6.53. The lowest BCUT2D eigenvalue weighted by atomic mass is 9.78. The molecular weight excluding hydrogens is 378 g/mol. The van der Waals surface area contributed by atoms with Gasteiger partial charge in [-0.25, -0.2) is 4.98 Å². The van der Waals surface area contributed by atoms with E-state index in [-0.39, 0.29) is 17.5 Å². The van der Waals surface area contributed by atoms with Crippen LogP contribution in [0.25, 0.3) is 0 Å². The summed E-state index contributed by atoms with van der Waals surface area (Å²) in [5, 5.41) is 3.11. The number of fused-ring (bicyclic) bond motifs is 4. The van der Waals surface area contributed by atoms with Crippen molar-refractivity contribution in [1.82, 2.24) is 24.3 Å². The summed E-state index contributed by atoms with van der Waals surface area (Å²) < 4.78 is 4.13. The van der Waals surface area contributed by atoms with E-state index in [0.717, 1.165) is 44.1 Å². The third kappa shape index (κ3) is 3.95. The number of nitrogens with one attached hydrogen (secondary N) is 1. The van der Waals surface area contributed by atoms with Gasteiger partial charge >= 0.3 is 0 Å². The van der Waals surface area contributed by atoms with E-state index in [1.165, 1.54) is 0 Å². The first-order valence-electron chi connectivity index (χ1n) is 11.0. The third-order valence-corrected chi connectivity index (χ3v) is 6.53. The highest BCUT2D eigenvalue weighted by molar-refractivity contribution is 5.81. The molecule has 1 fully saturated rings.